The summed E-state index contributed by atoms with van der Waals surface area (Å²) < 4.78 is 22.9. The molecule has 0 saturated heterocycles. The fourth-order valence-electron chi connectivity index (χ4n) is 2.05. The highest BCUT2D eigenvalue weighted by Crippen LogP contribution is 2.51. The Morgan fingerprint density at radius 3 is 2.25 bits per heavy atom. The third kappa shape index (κ3) is 1.93. The molecule has 3 atom stereocenters. The lowest BCUT2D eigenvalue weighted by Crippen LogP contribution is -2.06. The summed E-state index contributed by atoms with van der Waals surface area (Å²) in [7, 11) is -3.15. The van der Waals surface area contributed by atoms with Crippen molar-refractivity contribution in [1.29, 1.82) is 5.26 Å². The molecule has 0 amide bonds. The Labute approximate surface area is 99.6 Å². The summed E-state index contributed by atoms with van der Waals surface area (Å²) in [5, 5.41) is 8.93. The van der Waals surface area contributed by atoms with Gasteiger partial charge in [0.15, 0.2) is 9.84 Å². The maximum Gasteiger partial charge on any atom is 0.152 e. The zero-order valence-electron chi connectivity index (χ0n) is 8.59. The number of nitrogens with zero attached hydrogens (tertiary/aromatic N) is 1. The summed E-state index contributed by atoms with van der Waals surface area (Å²) in [6, 6.07) is 9.03. The molecule has 0 aromatic heterocycles. The van der Waals surface area contributed by atoms with Crippen LogP contribution in [-0.2, 0) is 9.84 Å². The van der Waals surface area contributed by atoms with Gasteiger partial charge in [-0.25, -0.2) is 8.42 Å². The summed E-state index contributed by atoms with van der Waals surface area (Å²) in [5.41, 5.74) is 0.867. The van der Waals surface area contributed by atoms with E-state index in [1.165, 1.54) is 6.26 Å². The van der Waals surface area contributed by atoms with E-state index in [0.717, 1.165) is 5.56 Å². The smallest absolute Gasteiger partial charge is 0.152 e. The Bertz CT molecular complexity index is 544. The first kappa shape index (κ1) is 11.4. The highest BCUT2D eigenvalue weighted by molar-refractivity contribution is 7.91. The average molecular weight is 256 g/mol. The van der Waals surface area contributed by atoms with Gasteiger partial charge in [0, 0.05) is 17.2 Å². The molecule has 3 nitrogen and oxygen atoms in total. The van der Waals surface area contributed by atoms with Crippen LogP contribution in [0, 0.1) is 17.2 Å². The molecule has 1 aromatic carbocycles. The molecule has 0 radical (unpaired) electrons. The third-order valence-electron chi connectivity index (χ3n) is 2.85. The predicted molar refractivity (Wildman–Crippen MR) is 61.9 cm³/mol. The molecule has 1 aliphatic carbocycles. The number of rotatable bonds is 2. The van der Waals surface area contributed by atoms with Gasteiger partial charge in [-0.15, -0.1) is 0 Å². The molecule has 1 fully saturated rings. The maximum atomic E-state index is 11.4. The van der Waals surface area contributed by atoms with Gasteiger partial charge < -0.3 is 0 Å². The van der Waals surface area contributed by atoms with E-state index in [1.807, 2.05) is 6.07 Å². The van der Waals surface area contributed by atoms with Gasteiger partial charge in [0.25, 0.3) is 0 Å². The second kappa shape index (κ2) is 3.76. The van der Waals surface area contributed by atoms with Crippen molar-refractivity contribution in [3.8, 4) is 6.07 Å². The number of nitriles is 1. The van der Waals surface area contributed by atoms with Crippen LogP contribution in [0.3, 0.4) is 0 Å². The van der Waals surface area contributed by atoms with E-state index < -0.39 is 21.0 Å². The molecule has 16 heavy (non-hydrogen) atoms. The van der Waals surface area contributed by atoms with E-state index in [4.69, 9.17) is 16.9 Å². The van der Waals surface area contributed by atoms with Gasteiger partial charge in [-0.2, -0.15) is 5.26 Å². The van der Waals surface area contributed by atoms with Gasteiger partial charge in [-0.3, -0.25) is 0 Å². The largest absolute Gasteiger partial charge is 0.229 e. The van der Waals surface area contributed by atoms with Crippen LogP contribution in [0.5, 0.6) is 0 Å². The third-order valence-corrected chi connectivity index (χ3v) is 4.68. The van der Waals surface area contributed by atoms with Gasteiger partial charge in [0.05, 0.1) is 17.2 Å². The fourth-order valence-corrected chi connectivity index (χ4v) is 3.71. The Balaban J connectivity index is 2.31. The molecule has 1 aliphatic rings. The standard InChI is InChI=1S/C11H10ClNO2S/c1-16(14,15)11-9(6-13)10(11)7-2-4-8(12)5-3-7/h2-5,9-11H,1H3/t9-,10-,11-/m0/s1. The second-order valence-corrected chi connectivity index (χ2v) is 6.67. The van der Waals surface area contributed by atoms with E-state index in [0.29, 0.717) is 5.02 Å². The molecular weight excluding hydrogens is 246 g/mol. The van der Waals surface area contributed by atoms with Crippen LogP contribution >= 0.6 is 11.6 Å². The summed E-state index contributed by atoms with van der Waals surface area (Å²) in [5.74, 6) is -0.617. The van der Waals surface area contributed by atoms with E-state index in [2.05, 4.69) is 0 Å². The van der Waals surface area contributed by atoms with Crippen LogP contribution in [0.1, 0.15) is 11.5 Å². The number of benzene rings is 1. The van der Waals surface area contributed by atoms with Crippen LogP contribution in [0.4, 0.5) is 0 Å². The Morgan fingerprint density at radius 2 is 1.88 bits per heavy atom. The maximum absolute atomic E-state index is 11.4. The molecule has 0 bridgehead atoms. The van der Waals surface area contributed by atoms with Crippen molar-refractivity contribution in [2.24, 2.45) is 5.92 Å². The van der Waals surface area contributed by atoms with Crippen molar-refractivity contribution in [1.82, 2.24) is 0 Å². The first-order valence-electron chi connectivity index (χ1n) is 4.79. The monoisotopic (exact) mass is 255 g/mol. The molecule has 0 unspecified atom stereocenters. The van der Waals surface area contributed by atoms with Crippen molar-refractivity contribution in [3.63, 3.8) is 0 Å². The molecule has 84 valence electrons. The zero-order valence-corrected chi connectivity index (χ0v) is 10.2. The van der Waals surface area contributed by atoms with Crippen molar-refractivity contribution >= 4 is 21.4 Å². The van der Waals surface area contributed by atoms with Gasteiger partial charge in [-0.05, 0) is 17.7 Å². The van der Waals surface area contributed by atoms with E-state index in [1.54, 1.807) is 24.3 Å². The lowest BCUT2D eigenvalue weighted by atomic mass is 10.1. The molecule has 1 aromatic rings. The molecular formula is C11H10ClNO2S. The fraction of sp³-hybridized carbons (Fsp3) is 0.364. The molecule has 1 saturated carbocycles. The average Bonchev–Trinajstić information content (AvgIpc) is 2.92. The van der Waals surface area contributed by atoms with Gasteiger partial charge in [0.1, 0.15) is 0 Å². The highest BCUT2D eigenvalue weighted by atomic mass is 35.5. The summed E-state index contributed by atoms with van der Waals surface area (Å²) in [4.78, 5) is 0. The van der Waals surface area contributed by atoms with Gasteiger partial charge in [0.2, 0.25) is 0 Å². The van der Waals surface area contributed by atoms with E-state index in [9.17, 15) is 8.42 Å². The Kier molecular flexibility index (Phi) is 2.69. The Morgan fingerprint density at radius 1 is 1.31 bits per heavy atom. The highest BCUT2D eigenvalue weighted by Gasteiger charge is 2.57. The van der Waals surface area contributed by atoms with Crippen molar-refractivity contribution in [2.75, 3.05) is 6.26 Å². The van der Waals surface area contributed by atoms with Crippen LogP contribution in [-0.4, -0.2) is 19.9 Å². The first-order valence-corrected chi connectivity index (χ1v) is 7.12. The number of sulfone groups is 1. The number of hydrogen-bond acceptors (Lipinski definition) is 3. The minimum absolute atomic E-state index is 0.197. The van der Waals surface area contributed by atoms with Crippen molar-refractivity contribution in [2.45, 2.75) is 11.2 Å². The molecule has 0 N–H and O–H groups in total. The Hall–Kier alpha value is -1.05. The van der Waals surface area contributed by atoms with Crippen LogP contribution in [0.15, 0.2) is 24.3 Å². The van der Waals surface area contributed by atoms with Gasteiger partial charge >= 0.3 is 0 Å². The van der Waals surface area contributed by atoms with Crippen LogP contribution in [0.2, 0.25) is 5.02 Å². The minimum Gasteiger partial charge on any atom is -0.229 e. The van der Waals surface area contributed by atoms with Crippen molar-refractivity contribution < 1.29 is 8.42 Å². The summed E-state index contributed by atoms with van der Waals surface area (Å²) in [6.45, 7) is 0. The van der Waals surface area contributed by atoms with E-state index in [-0.39, 0.29) is 5.92 Å². The first-order chi connectivity index (χ1) is 7.45. The zero-order chi connectivity index (χ0) is 11.9. The lowest BCUT2D eigenvalue weighted by Gasteiger charge is -1.98. The topological polar surface area (TPSA) is 57.9 Å². The SMILES string of the molecule is CS(=O)(=O)[C@H]1[C@@H](C#N)[C@@H]1c1ccc(Cl)cc1. The quantitative estimate of drug-likeness (QED) is 0.812. The van der Waals surface area contributed by atoms with Crippen LogP contribution < -0.4 is 0 Å². The molecule has 0 spiro atoms. The lowest BCUT2D eigenvalue weighted by molar-refractivity contribution is 0.599. The molecule has 2 rings (SSSR count). The van der Waals surface area contributed by atoms with Crippen LogP contribution in [0.25, 0.3) is 0 Å². The van der Waals surface area contributed by atoms with Gasteiger partial charge in [-0.1, -0.05) is 23.7 Å². The molecule has 5 heteroatoms. The number of halogens is 1. The predicted octanol–water partition coefficient (Wildman–Crippen LogP) is 1.99. The molecule has 0 heterocycles. The molecule has 0 aliphatic heterocycles. The second-order valence-electron chi connectivity index (χ2n) is 4.03. The normalized spacial score (nSPS) is 28.4. The summed E-state index contributed by atoms with van der Waals surface area (Å²) >= 11 is 5.75. The summed E-state index contributed by atoms with van der Waals surface area (Å²) in [6.07, 6.45) is 1.18. The van der Waals surface area contributed by atoms with Crippen molar-refractivity contribution in [3.05, 3.63) is 34.9 Å². The number of hydrogen-bond donors (Lipinski definition) is 0. The van der Waals surface area contributed by atoms with E-state index >= 15 is 0 Å². The minimum atomic E-state index is -3.15.